The van der Waals surface area contributed by atoms with Crippen molar-refractivity contribution in [1.82, 2.24) is 10.2 Å². The molecule has 4 nitrogen and oxygen atoms in total. The van der Waals surface area contributed by atoms with Gasteiger partial charge < -0.3 is 10.2 Å². The fourth-order valence-corrected chi connectivity index (χ4v) is 4.49. The van der Waals surface area contributed by atoms with Crippen LogP contribution in [0.4, 0.5) is 4.39 Å². The second kappa shape index (κ2) is 13.6. The van der Waals surface area contributed by atoms with Crippen LogP contribution in [0.5, 0.6) is 0 Å². The number of carbonyl (C=O) groups excluding carboxylic acids is 2. The van der Waals surface area contributed by atoms with Crippen LogP contribution in [0.25, 0.3) is 0 Å². The third-order valence-corrected chi connectivity index (χ3v) is 6.41. The number of thioether (sulfide) groups is 1. The van der Waals surface area contributed by atoms with Crippen molar-refractivity contribution in [3.63, 3.8) is 0 Å². The predicted octanol–water partition coefficient (Wildman–Crippen LogP) is 5.23. The first-order chi connectivity index (χ1) is 16.6. The lowest BCUT2D eigenvalue weighted by molar-refractivity contribution is -0.139. The fraction of sp³-hybridized carbons (Fsp3) is 0.286. The molecule has 0 radical (unpaired) electrons. The number of nitrogens with one attached hydrogen (secondary N) is 1. The molecule has 1 N–H and O–H groups in total. The van der Waals surface area contributed by atoms with Crippen molar-refractivity contribution in [2.75, 3.05) is 12.3 Å². The third kappa shape index (κ3) is 8.03. The van der Waals surface area contributed by atoms with E-state index in [0.717, 1.165) is 23.1 Å². The summed E-state index contributed by atoms with van der Waals surface area (Å²) >= 11 is 1.53. The molecule has 2 amide bonds. The molecule has 0 aromatic heterocycles. The Morgan fingerprint density at radius 3 is 2.12 bits per heavy atom. The highest BCUT2D eigenvalue weighted by molar-refractivity contribution is 7.99. The predicted molar refractivity (Wildman–Crippen MR) is 137 cm³/mol. The molecule has 3 rings (SSSR count). The summed E-state index contributed by atoms with van der Waals surface area (Å²) < 4.78 is 13.5. The van der Waals surface area contributed by atoms with Crippen LogP contribution < -0.4 is 5.32 Å². The molecule has 178 valence electrons. The van der Waals surface area contributed by atoms with Gasteiger partial charge in [-0.1, -0.05) is 79.7 Å². The van der Waals surface area contributed by atoms with Gasteiger partial charge in [-0.3, -0.25) is 9.59 Å². The summed E-state index contributed by atoms with van der Waals surface area (Å²) in [5.41, 5.74) is 2.91. The smallest absolute Gasteiger partial charge is 0.243 e. The summed E-state index contributed by atoms with van der Waals surface area (Å²) in [7, 11) is 0. The highest BCUT2D eigenvalue weighted by Crippen LogP contribution is 2.18. The number of hydrogen-bond donors (Lipinski definition) is 1. The third-order valence-electron chi connectivity index (χ3n) is 5.42. The Kier molecular flexibility index (Phi) is 10.2. The molecule has 0 fully saturated rings. The molecule has 0 spiro atoms. The van der Waals surface area contributed by atoms with Gasteiger partial charge in [-0.15, -0.1) is 11.8 Å². The average Bonchev–Trinajstić information content (AvgIpc) is 2.87. The zero-order valence-electron chi connectivity index (χ0n) is 19.5. The van der Waals surface area contributed by atoms with Crippen molar-refractivity contribution in [2.24, 2.45) is 0 Å². The summed E-state index contributed by atoms with van der Waals surface area (Å²) in [5, 5.41) is 2.97. The molecule has 0 aliphatic rings. The number of rotatable bonds is 12. The van der Waals surface area contributed by atoms with Gasteiger partial charge in [0.15, 0.2) is 0 Å². The largest absolute Gasteiger partial charge is 0.354 e. The SMILES string of the molecule is CCCNC(=O)[C@@H](Cc1ccccc1)N(Cc1ccc(F)cc1)C(=O)CSCc1ccccc1. The summed E-state index contributed by atoms with van der Waals surface area (Å²) in [6, 6.07) is 25.1. The number of benzene rings is 3. The van der Waals surface area contributed by atoms with Crippen molar-refractivity contribution in [3.05, 3.63) is 107 Å². The lowest BCUT2D eigenvalue weighted by atomic mass is 10.0. The molecule has 0 heterocycles. The Morgan fingerprint density at radius 1 is 0.882 bits per heavy atom. The molecule has 0 unspecified atom stereocenters. The Bertz CT molecular complexity index is 1030. The van der Waals surface area contributed by atoms with E-state index in [2.05, 4.69) is 5.32 Å². The summed E-state index contributed by atoms with van der Waals surface area (Å²) in [5.74, 6) is 0.346. The van der Waals surface area contributed by atoms with Crippen molar-refractivity contribution in [1.29, 1.82) is 0 Å². The molecule has 1 atom stereocenters. The fourth-order valence-electron chi connectivity index (χ4n) is 3.62. The zero-order chi connectivity index (χ0) is 24.2. The van der Waals surface area contributed by atoms with E-state index in [1.54, 1.807) is 17.0 Å². The van der Waals surface area contributed by atoms with Gasteiger partial charge in [0.25, 0.3) is 0 Å². The molecule has 0 bridgehead atoms. The number of nitrogens with zero attached hydrogens (tertiary/aromatic N) is 1. The van der Waals surface area contributed by atoms with Crippen LogP contribution in [0.3, 0.4) is 0 Å². The molecular weight excluding hydrogens is 447 g/mol. The Balaban J connectivity index is 1.82. The number of amides is 2. The van der Waals surface area contributed by atoms with Gasteiger partial charge in [0.1, 0.15) is 11.9 Å². The second-order valence-electron chi connectivity index (χ2n) is 8.12. The van der Waals surface area contributed by atoms with E-state index >= 15 is 0 Å². The number of halogens is 1. The molecular formula is C28H31FN2O2S. The number of carbonyl (C=O) groups is 2. The van der Waals surface area contributed by atoms with E-state index in [1.807, 2.05) is 67.6 Å². The Labute approximate surface area is 205 Å². The Hall–Kier alpha value is -3.12. The monoisotopic (exact) mass is 478 g/mol. The van der Waals surface area contributed by atoms with Crippen LogP contribution in [0.15, 0.2) is 84.9 Å². The van der Waals surface area contributed by atoms with Crippen molar-refractivity contribution in [2.45, 2.75) is 38.1 Å². The molecule has 6 heteroatoms. The van der Waals surface area contributed by atoms with Crippen LogP contribution in [0.1, 0.15) is 30.0 Å². The minimum atomic E-state index is -0.663. The van der Waals surface area contributed by atoms with E-state index in [9.17, 15) is 14.0 Å². The average molecular weight is 479 g/mol. The van der Waals surface area contributed by atoms with Crippen molar-refractivity contribution >= 4 is 23.6 Å². The van der Waals surface area contributed by atoms with Crippen LogP contribution in [0, 0.1) is 5.82 Å². The van der Waals surface area contributed by atoms with Crippen molar-refractivity contribution in [3.8, 4) is 0 Å². The maximum atomic E-state index is 13.5. The standard InChI is InChI=1S/C28H31FN2O2S/c1-2-17-30-28(33)26(18-22-9-5-3-6-10-22)31(19-23-13-15-25(29)16-14-23)27(32)21-34-20-24-11-7-4-8-12-24/h3-16,26H,2,17-21H2,1H3,(H,30,33)/t26-/m1/s1. The van der Waals surface area contributed by atoms with E-state index in [-0.39, 0.29) is 29.9 Å². The normalized spacial score (nSPS) is 11.6. The highest BCUT2D eigenvalue weighted by Gasteiger charge is 2.30. The summed E-state index contributed by atoms with van der Waals surface area (Å²) in [6.45, 7) is 2.78. The maximum Gasteiger partial charge on any atom is 0.243 e. The minimum absolute atomic E-state index is 0.113. The summed E-state index contributed by atoms with van der Waals surface area (Å²) in [6.07, 6.45) is 1.22. The Morgan fingerprint density at radius 2 is 1.50 bits per heavy atom. The second-order valence-corrected chi connectivity index (χ2v) is 9.11. The highest BCUT2D eigenvalue weighted by atomic mass is 32.2. The summed E-state index contributed by atoms with van der Waals surface area (Å²) in [4.78, 5) is 28.3. The first-order valence-electron chi connectivity index (χ1n) is 11.5. The van der Waals surface area contributed by atoms with Gasteiger partial charge >= 0.3 is 0 Å². The minimum Gasteiger partial charge on any atom is -0.354 e. The number of hydrogen-bond acceptors (Lipinski definition) is 3. The van der Waals surface area contributed by atoms with Crippen LogP contribution in [-0.4, -0.2) is 35.1 Å². The molecule has 3 aromatic carbocycles. The lowest BCUT2D eigenvalue weighted by Crippen LogP contribution is -2.51. The van der Waals surface area contributed by atoms with E-state index in [0.29, 0.717) is 18.7 Å². The van der Waals surface area contributed by atoms with Gasteiger partial charge in [-0.05, 0) is 35.2 Å². The molecule has 0 aliphatic heterocycles. The van der Waals surface area contributed by atoms with Crippen LogP contribution in [0.2, 0.25) is 0 Å². The molecule has 3 aromatic rings. The topological polar surface area (TPSA) is 49.4 Å². The molecule has 0 saturated heterocycles. The van der Waals surface area contributed by atoms with E-state index < -0.39 is 6.04 Å². The van der Waals surface area contributed by atoms with Gasteiger partial charge in [0, 0.05) is 25.3 Å². The molecule has 0 aliphatic carbocycles. The van der Waals surface area contributed by atoms with E-state index in [4.69, 9.17) is 0 Å². The first-order valence-corrected chi connectivity index (χ1v) is 12.7. The van der Waals surface area contributed by atoms with Gasteiger partial charge in [-0.2, -0.15) is 0 Å². The molecule has 34 heavy (non-hydrogen) atoms. The van der Waals surface area contributed by atoms with Crippen LogP contribution in [-0.2, 0) is 28.3 Å². The molecule has 0 saturated carbocycles. The quantitative estimate of drug-likeness (QED) is 0.388. The lowest BCUT2D eigenvalue weighted by Gasteiger charge is -2.31. The van der Waals surface area contributed by atoms with Gasteiger partial charge in [-0.25, -0.2) is 4.39 Å². The van der Waals surface area contributed by atoms with E-state index in [1.165, 1.54) is 23.9 Å². The van der Waals surface area contributed by atoms with Crippen LogP contribution >= 0.6 is 11.8 Å². The maximum absolute atomic E-state index is 13.5. The first kappa shape index (κ1) is 25.5. The van der Waals surface area contributed by atoms with Crippen molar-refractivity contribution < 1.29 is 14.0 Å². The van der Waals surface area contributed by atoms with Gasteiger partial charge in [0.2, 0.25) is 11.8 Å². The zero-order valence-corrected chi connectivity index (χ0v) is 20.3. The van der Waals surface area contributed by atoms with Gasteiger partial charge in [0.05, 0.1) is 5.75 Å².